The fourth-order valence-electron chi connectivity index (χ4n) is 2.98. The van der Waals surface area contributed by atoms with Crippen LogP contribution in [0.2, 0.25) is 30.7 Å². The van der Waals surface area contributed by atoms with Crippen molar-refractivity contribution in [2.45, 2.75) is 77.4 Å². The average molecular weight is 245 g/mol. The Kier molecular flexibility index (Phi) is 3.09. The summed E-state index contributed by atoms with van der Waals surface area (Å²) in [6, 6.07) is 1.45. The minimum atomic E-state index is -1.48. The van der Waals surface area contributed by atoms with Gasteiger partial charge in [-0.15, -0.1) is 0 Å². The van der Waals surface area contributed by atoms with Crippen molar-refractivity contribution in [3.63, 3.8) is 0 Å². The second-order valence-electron chi connectivity index (χ2n) is 7.45. The molecule has 1 heterocycles. The van der Waals surface area contributed by atoms with Gasteiger partial charge >= 0.3 is 0 Å². The Bertz CT molecular complexity index is 253. The van der Waals surface area contributed by atoms with Crippen LogP contribution >= 0.6 is 0 Å². The van der Waals surface area contributed by atoms with Crippen molar-refractivity contribution in [2.24, 2.45) is 0 Å². The van der Waals surface area contributed by atoms with Crippen molar-refractivity contribution >= 4 is 15.4 Å². The van der Waals surface area contributed by atoms with Gasteiger partial charge in [0.05, 0.1) is 13.2 Å². The van der Waals surface area contributed by atoms with Gasteiger partial charge in [-0.3, -0.25) is 0 Å². The molecule has 0 bridgehead atoms. The van der Waals surface area contributed by atoms with Gasteiger partial charge in [0.2, 0.25) is 0 Å². The van der Waals surface area contributed by atoms with E-state index in [9.17, 15) is 0 Å². The Morgan fingerprint density at radius 1 is 1.07 bits per heavy atom. The van der Waals surface area contributed by atoms with Gasteiger partial charge in [0, 0.05) is 0 Å². The molecule has 0 spiro atoms. The molecule has 1 saturated heterocycles. The van der Waals surface area contributed by atoms with Crippen molar-refractivity contribution in [1.29, 1.82) is 0 Å². The monoisotopic (exact) mass is 244 g/mol. The first-order chi connectivity index (χ1) is 6.41. The van der Waals surface area contributed by atoms with Crippen LogP contribution in [0.25, 0.3) is 0 Å². The summed E-state index contributed by atoms with van der Waals surface area (Å²) in [4.78, 5) is 0. The van der Waals surface area contributed by atoms with Crippen LogP contribution in [0.4, 0.5) is 0 Å². The van der Waals surface area contributed by atoms with Crippen LogP contribution in [0.15, 0.2) is 0 Å². The zero-order valence-electron chi connectivity index (χ0n) is 11.8. The maximum Gasteiger partial charge on any atom is 0.175 e. The summed E-state index contributed by atoms with van der Waals surface area (Å²) >= 11 is 0. The van der Waals surface area contributed by atoms with Crippen LogP contribution in [0.1, 0.15) is 41.0 Å². The SMILES string of the molecule is CC1(C)CC[Si](C)(C(C)(C)C)[Si](C)(C)O1. The molecule has 1 rings (SSSR count). The van der Waals surface area contributed by atoms with Crippen molar-refractivity contribution < 1.29 is 4.43 Å². The zero-order valence-corrected chi connectivity index (χ0v) is 13.8. The van der Waals surface area contributed by atoms with Crippen molar-refractivity contribution in [2.75, 3.05) is 0 Å². The molecule has 0 saturated carbocycles. The molecule has 1 unspecified atom stereocenters. The summed E-state index contributed by atoms with van der Waals surface area (Å²) in [5.74, 6) is 0. The van der Waals surface area contributed by atoms with E-state index >= 15 is 0 Å². The van der Waals surface area contributed by atoms with Gasteiger partial charge in [-0.1, -0.05) is 33.4 Å². The van der Waals surface area contributed by atoms with E-state index in [2.05, 4.69) is 54.3 Å². The Morgan fingerprint density at radius 2 is 1.53 bits per heavy atom. The van der Waals surface area contributed by atoms with Crippen LogP contribution in [-0.4, -0.2) is 21.0 Å². The van der Waals surface area contributed by atoms with E-state index in [4.69, 9.17) is 4.43 Å². The zero-order chi connectivity index (χ0) is 12.1. The maximum absolute atomic E-state index is 6.50. The molecule has 1 aliphatic rings. The minimum absolute atomic E-state index is 0.132. The van der Waals surface area contributed by atoms with E-state index < -0.39 is 15.4 Å². The first-order valence-electron chi connectivity index (χ1n) is 6.12. The molecule has 0 aromatic carbocycles. The number of hydrogen-bond acceptors (Lipinski definition) is 1. The first kappa shape index (κ1) is 13.5. The molecule has 1 atom stereocenters. The lowest BCUT2D eigenvalue weighted by atomic mass is 10.1. The Balaban J connectivity index is 3.05. The summed E-state index contributed by atoms with van der Waals surface area (Å²) in [5.41, 5.74) is 0.132. The molecule has 0 radical (unpaired) electrons. The summed E-state index contributed by atoms with van der Waals surface area (Å²) in [5, 5.41) is 0.485. The van der Waals surface area contributed by atoms with Crippen molar-refractivity contribution in [1.82, 2.24) is 0 Å². The average Bonchev–Trinajstić information content (AvgIpc) is 1.93. The summed E-state index contributed by atoms with van der Waals surface area (Å²) in [6.45, 7) is 19.3. The summed E-state index contributed by atoms with van der Waals surface area (Å²) in [7, 11) is -2.71. The van der Waals surface area contributed by atoms with Gasteiger partial charge in [0.15, 0.2) is 7.83 Å². The van der Waals surface area contributed by atoms with Gasteiger partial charge in [-0.2, -0.15) is 0 Å². The fraction of sp³-hybridized carbons (Fsp3) is 1.00. The predicted octanol–water partition coefficient (Wildman–Crippen LogP) is 4.35. The smallest absolute Gasteiger partial charge is 0.175 e. The highest BCUT2D eigenvalue weighted by Crippen LogP contribution is 2.50. The lowest BCUT2D eigenvalue weighted by molar-refractivity contribution is 0.0921. The van der Waals surface area contributed by atoms with E-state index in [0.29, 0.717) is 5.04 Å². The minimum Gasteiger partial charge on any atom is -0.415 e. The molecule has 1 nitrogen and oxygen atoms in total. The quantitative estimate of drug-likeness (QED) is 0.576. The third-order valence-electron chi connectivity index (χ3n) is 4.74. The molecule has 0 aromatic rings. The molecule has 90 valence electrons. The van der Waals surface area contributed by atoms with Gasteiger partial charge in [-0.25, -0.2) is 0 Å². The highest BCUT2D eigenvalue weighted by Gasteiger charge is 2.58. The van der Waals surface area contributed by atoms with Crippen molar-refractivity contribution in [3.8, 4) is 0 Å². The highest BCUT2D eigenvalue weighted by atomic mass is 29.3. The third-order valence-corrected chi connectivity index (χ3v) is 24.3. The Hall–Kier alpha value is 0.394. The normalized spacial score (nSPS) is 35.2. The van der Waals surface area contributed by atoms with Crippen LogP contribution in [0.3, 0.4) is 0 Å². The number of hydrogen-bond donors (Lipinski definition) is 0. The first-order valence-corrected chi connectivity index (χ1v) is 12.7. The second-order valence-corrected chi connectivity index (χ2v) is 22.3. The largest absolute Gasteiger partial charge is 0.415 e. The van der Waals surface area contributed by atoms with E-state index in [1.165, 1.54) is 12.5 Å². The van der Waals surface area contributed by atoms with Gasteiger partial charge in [0.1, 0.15) is 0 Å². The molecule has 15 heavy (non-hydrogen) atoms. The third kappa shape index (κ3) is 2.24. The van der Waals surface area contributed by atoms with E-state index in [0.717, 1.165) is 0 Å². The number of rotatable bonds is 0. The van der Waals surface area contributed by atoms with E-state index in [1.54, 1.807) is 0 Å². The molecular weight excluding hydrogens is 216 g/mol. The summed E-state index contributed by atoms with van der Waals surface area (Å²) < 4.78 is 6.50. The molecule has 0 aliphatic carbocycles. The molecule has 1 aliphatic heterocycles. The topological polar surface area (TPSA) is 9.23 Å². The van der Waals surface area contributed by atoms with E-state index in [-0.39, 0.29) is 5.60 Å². The van der Waals surface area contributed by atoms with Crippen molar-refractivity contribution in [3.05, 3.63) is 0 Å². The molecule has 3 heteroatoms. The van der Waals surface area contributed by atoms with Gasteiger partial charge < -0.3 is 4.43 Å². The predicted molar refractivity (Wildman–Crippen MR) is 73.4 cm³/mol. The molecule has 1 fully saturated rings. The Labute approximate surface area is 97.5 Å². The van der Waals surface area contributed by atoms with Gasteiger partial charge in [0.25, 0.3) is 0 Å². The lowest BCUT2D eigenvalue weighted by Gasteiger charge is -2.56. The maximum atomic E-state index is 6.50. The van der Waals surface area contributed by atoms with E-state index in [1.807, 2.05) is 0 Å². The molecule has 0 amide bonds. The second kappa shape index (κ2) is 3.44. The summed E-state index contributed by atoms with van der Waals surface area (Å²) in [6.07, 6.45) is 1.25. The molecular formula is C12H28OSi2. The van der Waals surface area contributed by atoms with Gasteiger partial charge in [-0.05, 0) is 38.4 Å². The molecule has 0 aromatic heterocycles. The van der Waals surface area contributed by atoms with Crippen LogP contribution in [0, 0.1) is 0 Å². The van der Waals surface area contributed by atoms with Crippen LogP contribution < -0.4 is 0 Å². The highest BCUT2D eigenvalue weighted by molar-refractivity contribution is 7.39. The van der Waals surface area contributed by atoms with Crippen LogP contribution in [-0.2, 0) is 4.43 Å². The fourth-order valence-corrected chi connectivity index (χ4v) is 18.1. The standard InChI is InChI=1S/C12H28OSi2/c1-11(2,3)15(8)10-9-12(4,5)13-14(15,6)7/h9-10H2,1-8H3. The molecule has 0 N–H and O–H groups in total. The lowest BCUT2D eigenvalue weighted by Crippen LogP contribution is -2.69. The Morgan fingerprint density at radius 3 is 1.87 bits per heavy atom. The van der Waals surface area contributed by atoms with Crippen LogP contribution in [0.5, 0.6) is 0 Å².